The van der Waals surface area contributed by atoms with Gasteiger partial charge in [-0.1, -0.05) is 0 Å². The Morgan fingerprint density at radius 3 is 2.56 bits per heavy atom. The number of hydrogen-bond donors (Lipinski definition) is 0. The first-order valence-corrected chi connectivity index (χ1v) is 6.09. The van der Waals surface area contributed by atoms with Crippen LogP contribution in [-0.4, -0.2) is 29.0 Å². The third kappa shape index (κ3) is 1.49. The molecule has 0 radical (unpaired) electrons. The van der Waals surface area contributed by atoms with Crippen molar-refractivity contribution in [3.63, 3.8) is 0 Å². The third-order valence-corrected chi connectivity index (χ3v) is 3.52. The predicted molar refractivity (Wildman–Crippen MR) is 60.0 cm³/mol. The molecule has 0 N–H and O–H groups in total. The molecule has 3 aliphatic rings. The third-order valence-electron chi connectivity index (χ3n) is 3.52. The Labute approximate surface area is 102 Å². The van der Waals surface area contributed by atoms with Crippen molar-refractivity contribution in [2.24, 2.45) is 10.2 Å². The quantitative estimate of drug-likeness (QED) is 0.824. The highest BCUT2D eigenvalue weighted by atomic mass is 19.3. The number of alkyl halides is 2. The van der Waals surface area contributed by atoms with Gasteiger partial charge in [0.1, 0.15) is 5.82 Å². The molecule has 1 saturated carbocycles. The normalized spacial score (nSPS) is 24.0. The molecule has 4 rings (SSSR count). The Kier molecular flexibility index (Phi) is 1.83. The molecule has 1 aliphatic carbocycles. The van der Waals surface area contributed by atoms with Crippen LogP contribution in [0, 0.1) is 0 Å². The average molecular weight is 251 g/mol. The molecule has 0 spiro atoms. The van der Waals surface area contributed by atoms with Crippen LogP contribution in [0.15, 0.2) is 10.2 Å². The van der Waals surface area contributed by atoms with Gasteiger partial charge in [-0.15, -0.1) is 10.2 Å². The van der Waals surface area contributed by atoms with Crippen LogP contribution >= 0.6 is 0 Å². The zero-order valence-corrected chi connectivity index (χ0v) is 9.60. The summed E-state index contributed by atoms with van der Waals surface area (Å²) in [6, 6.07) is 0. The molecule has 1 aromatic heterocycles. The first kappa shape index (κ1) is 10.3. The lowest BCUT2D eigenvalue weighted by Crippen LogP contribution is -2.26. The molecular formula is C11H11F2N5. The number of rotatable bonds is 2. The fraction of sp³-hybridized carbons (Fsp3) is 0.636. The lowest BCUT2D eigenvalue weighted by Gasteiger charge is -2.21. The summed E-state index contributed by atoms with van der Waals surface area (Å²) in [6.45, 7) is 0.0339. The largest absolute Gasteiger partial charge is 0.348 e. The highest BCUT2D eigenvalue weighted by Gasteiger charge is 2.41. The molecule has 0 unspecified atom stereocenters. The standard InChI is InChI=1S/C11H11F2N5/c12-11(13)3-4-18(5-11)10-7-9(17-16-7)14-8(15-10)6-1-2-6/h6H,1-5H2. The van der Waals surface area contributed by atoms with Crippen molar-refractivity contribution < 1.29 is 8.78 Å². The number of aromatic nitrogens is 2. The molecule has 1 saturated heterocycles. The number of azo groups is 1. The number of halogens is 2. The van der Waals surface area contributed by atoms with Gasteiger partial charge in [0.25, 0.3) is 5.92 Å². The summed E-state index contributed by atoms with van der Waals surface area (Å²) >= 11 is 0. The first-order valence-electron chi connectivity index (χ1n) is 6.09. The van der Waals surface area contributed by atoms with Crippen molar-refractivity contribution in [3.8, 4) is 0 Å². The van der Waals surface area contributed by atoms with E-state index in [2.05, 4.69) is 20.2 Å². The number of anilines is 1. The number of hydrogen-bond acceptors (Lipinski definition) is 5. The molecule has 7 heteroatoms. The van der Waals surface area contributed by atoms with E-state index in [1.807, 2.05) is 0 Å². The van der Waals surface area contributed by atoms with Gasteiger partial charge < -0.3 is 4.90 Å². The smallest absolute Gasteiger partial charge is 0.266 e. The highest BCUT2D eigenvalue weighted by Crippen LogP contribution is 2.48. The first-order chi connectivity index (χ1) is 8.62. The summed E-state index contributed by atoms with van der Waals surface area (Å²) in [5, 5.41) is 7.69. The predicted octanol–water partition coefficient (Wildman–Crippen LogP) is 2.93. The van der Waals surface area contributed by atoms with Crippen LogP contribution < -0.4 is 4.90 Å². The maximum atomic E-state index is 13.3. The van der Waals surface area contributed by atoms with E-state index in [9.17, 15) is 8.78 Å². The van der Waals surface area contributed by atoms with Gasteiger partial charge in [0.05, 0.1) is 6.54 Å². The highest BCUT2D eigenvalue weighted by molar-refractivity contribution is 5.76. The second-order valence-electron chi connectivity index (χ2n) is 5.08. The summed E-state index contributed by atoms with van der Waals surface area (Å²) < 4.78 is 26.5. The van der Waals surface area contributed by atoms with E-state index in [0.717, 1.165) is 18.7 Å². The minimum Gasteiger partial charge on any atom is -0.348 e. The summed E-state index contributed by atoms with van der Waals surface area (Å²) in [6.07, 6.45) is 2.03. The molecular weight excluding hydrogens is 240 g/mol. The van der Waals surface area contributed by atoms with Gasteiger partial charge in [-0.05, 0) is 12.8 Å². The Hall–Kier alpha value is -1.66. The van der Waals surface area contributed by atoms with Crippen molar-refractivity contribution in [1.82, 2.24) is 9.97 Å². The minimum absolute atomic E-state index is 0.123. The maximum Gasteiger partial charge on any atom is 0.266 e. The second kappa shape index (κ2) is 3.21. The van der Waals surface area contributed by atoms with E-state index in [1.54, 1.807) is 4.90 Å². The fourth-order valence-electron chi connectivity index (χ4n) is 2.32. The lowest BCUT2D eigenvalue weighted by atomic mass is 10.3. The Morgan fingerprint density at radius 2 is 2.00 bits per heavy atom. The van der Waals surface area contributed by atoms with E-state index >= 15 is 0 Å². The number of nitrogens with zero attached hydrogens (tertiary/aromatic N) is 5. The molecule has 2 aliphatic heterocycles. The van der Waals surface area contributed by atoms with E-state index in [4.69, 9.17) is 0 Å². The Balaban J connectivity index is 1.72. The maximum absolute atomic E-state index is 13.3. The fourth-order valence-corrected chi connectivity index (χ4v) is 2.32. The monoisotopic (exact) mass is 251 g/mol. The molecule has 5 nitrogen and oxygen atoms in total. The molecule has 94 valence electrons. The molecule has 0 atom stereocenters. The van der Waals surface area contributed by atoms with Gasteiger partial charge in [0, 0.05) is 18.9 Å². The second-order valence-corrected chi connectivity index (χ2v) is 5.08. The lowest BCUT2D eigenvalue weighted by molar-refractivity contribution is 0.0257. The van der Waals surface area contributed by atoms with E-state index in [-0.39, 0.29) is 13.0 Å². The van der Waals surface area contributed by atoms with Gasteiger partial charge in [-0.3, -0.25) is 0 Å². The summed E-state index contributed by atoms with van der Waals surface area (Å²) in [7, 11) is 0. The van der Waals surface area contributed by atoms with Crippen molar-refractivity contribution in [2.75, 3.05) is 18.0 Å². The molecule has 1 aromatic rings. The van der Waals surface area contributed by atoms with E-state index in [1.165, 1.54) is 0 Å². The van der Waals surface area contributed by atoms with Crippen LogP contribution in [0.1, 0.15) is 31.0 Å². The molecule has 0 bridgehead atoms. The summed E-state index contributed by atoms with van der Waals surface area (Å²) in [5.41, 5.74) is 0.567. The van der Waals surface area contributed by atoms with E-state index < -0.39 is 5.92 Å². The Bertz CT molecular complexity index is 553. The summed E-state index contributed by atoms with van der Waals surface area (Å²) in [5.74, 6) is -0.421. The molecule has 2 fully saturated rings. The molecule has 18 heavy (non-hydrogen) atoms. The van der Waals surface area contributed by atoms with Crippen LogP contribution in [0.25, 0.3) is 0 Å². The SMILES string of the molecule is FC1(F)CCN(c2nc(C3CC3)nc3c2N=N3)C1. The van der Waals surface area contributed by atoms with Crippen molar-refractivity contribution in [1.29, 1.82) is 0 Å². The Morgan fingerprint density at radius 1 is 1.17 bits per heavy atom. The van der Waals surface area contributed by atoms with Gasteiger partial charge in [-0.25, -0.2) is 18.7 Å². The zero-order chi connectivity index (χ0) is 12.3. The van der Waals surface area contributed by atoms with Crippen LogP contribution in [0.2, 0.25) is 0 Å². The van der Waals surface area contributed by atoms with Crippen LogP contribution in [0.4, 0.5) is 26.1 Å². The van der Waals surface area contributed by atoms with Crippen molar-refractivity contribution in [3.05, 3.63) is 5.82 Å². The van der Waals surface area contributed by atoms with Gasteiger partial charge >= 0.3 is 0 Å². The van der Waals surface area contributed by atoms with Gasteiger partial charge in [0.15, 0.2) is 11.5 Å². The van der Waals surface area contributed by atoms with Crippen LogP contribution in [0.3, 0.4) is 0 Å². The van der Waals surface area contributed by atoms with E-state index in [0.29, 0.717) is 29.8 Å². The van der Waals surface area contributed by atoms with Crippen molar-refractivity contribution in [2.45, 2.75) is 31.1 Å². The topological polar surface area (TPSA) is 53.7 Å². The number of fused-ring (bicyclic) bond motifs is 1. The molecule has 0 aromatic carbocycles. The zero-order valence-electron chi connectivity index (χ0n) is 9.60. The van der Waals surface area contributed by atoms with Gasteiger partial charge in [0.2, 0.25) is 5.82 Å². The van der Waals surface area contributed by atoms with Crippen LogP contribution in [0.5, 0.6) is 0 Å². The minimum atomic E-state index is -2.63. The van der Waals surface area contributed by atoms with Crippen LogP contribution in [-0.2, 0) is 0 Å². The van der Waals surface area contributed by atoms with Gasteiger partial charge in [-0.2, -0.15) is 0 Å². The molecule has 0 amide bonds. The average Bonchev–Trinajstić information content (AvgIpc) is 3.05. The van der Waals surface area contributed by atoms with Crippen molar-refractivity contribution >= 4 is 17.3 Å². The summed E-state index contributed by atoms with van der Waals surface area (Å²) in [4.78, 5) is 10.3. The molecule has 3 heterocycles.